The average molecular weight is 302 g/mol. The van der Waals surface area contributed by atoms with Crippen molar-refractivity contribution >= 4 is 5.71 Å². The molecule has 4 nitrogen and oxygen atoms in total. The monoisotopic (exact) mass is 302 g/mol. The first-order chi connectivity index (χ1) is 10.7. The summed E-state index contributed by atoms with van der Waals surface area (Å²) in [4.78, 5) is 7.72. The molecule has 1 spiro atoms. The molecule has 1 aromatic rings. The first kappa shape index (κ1) is 15.3. The highest BCUT2D eigenvalue weighted by molar-refractivity contribution is 6.11. The first-order valence-electron chi connectivity index (χ1n) is 8.35. The molecule has 1 fully saturated rings. The predicted octanol–water partition coefficient (Wildman–Crippen LogP) is 3.45. The molecule has 0 bridgehead atoms. The molecule has 22 heavy (non-hydrogen) atoms. The maximum Gasteiger partial charge on any atom is 0.155 e. The van der Waals surface area contributed by atoms with Gasteiger partial charge in [-0.25, -0.2) is 0 Å². The van der Waals surface area contributed by atoms with Gasteiger partial charge >= 0.3 is 0 Å². The number of oxime groups is 1. The van der Waals surface area contributed by atoms with Crippen molar-refractivity contribution in [3.05, 3.63) is 29.8 Å². The fraction of sp³-hybridized carbons (Fsp3) is 0.611. The van der Waals surface area contributed by atoms with Crippen LogP contribution >= 0.6 is 0 Å². The zero-order chi connectivity index (χ0) is 15.4. The Morgan fingerprint density at radius 3 is 2.59 bits per heavy atom. The van der Waals surface area contributed by atoms with Crippen molar-refractivity contribution in [3.63, 3.8) is 0 Å². The molecular weight excluding hydrogens is 276 g/mol. The quantitative estimate of drug-likeness (QED) is 0.631. The van der Waals surface area contributed by atoms with Gasteiger partial charge < -0.3 is 14.5 Å². The predicted molar refractivity (Wildman–Crippen MR) is 88.5 cm³/mol. The smallest absolute Gasteiger partial charge is 0.155 e. The van der Waals surface area contributed by atoms with E-state index in [-0.39, 0.29) is 5.60 Å². The minimum absolute atomic E-state index is 0.266. The summed E-state index contributed by atoms with van der Waals surface area (Å²) in [6, 6.07) is 8.22. The highest BCUT2D eigenvalue weighted by atomic mass is 16.6. The van der Waals surface area contributed by atoms with Crippen molar-refractivity contribution in [2.75, 3.05) is 27.2 Å². The van der Waals surface area contributed by atoms with Crippen LogP contribution in [0.2, 0.25) is 0 Å². The normalized spacial score (nSPS) is 21.7. The molecule has 1 aliphatic carbocycles. The number of hydrogen-bond acceptors (Lipinski definition) is 4. The zero-order valence-corrected chi connectivity index (χ0v) is 13.7. The van der Waals surface area contributed by atoms with Crippen LogP contribution in [-0.2, 0) is 4.84 Å². The van der Waals surface area contributed by atoms with E-state index in [0.29, 0.717) is 6.61 Å². The van der Waals surface area contributed by atoms with Gasteiger partial charge in [0.1, 0.15) is 18.1 Å². The largest absolute Gasteiger partial charge is 0.480 e. The van der Waals surface area contributed by atoms with E-state index in [0.717, 1.165) is 36.4 Å². The number of benzene rings is 1. The third-order valence-corrected chi connectivity index (χ3v) is 4.58. The number of likely N-dealkylation sites (N-methyl/N-ethyl adjacent to an activating group) is 1. The summed E-state index contributed by atoms with van der Waals surface area (Å²) in [5.41, 5.74) is 1.84. The topological polar surface area (TPSA) is 34.1 Å². The van der Waals surface area contributed by atoms with Crippen molar-refractivity contribution in [2.24, 2.45) is 5.16 Å². The number of hydrogen-bond donors (Lipinski definition) is 0. The number of rotatable bonds is 4. The lowest BCUT2D eigenvalue weighted by atomic mass is 9.87. The van der Waals surface area contributed by atoms with Gasteiger partial charge in [0.05, 0.1) is 0 Å². The second kappa shape index (κ2) is 6.69. The summed E-state index contributed by atoms with van der Waals surface area (Å²) in [6.45, 7) is 1.47. The molecular formula is C18H26N2O2. The fourth-order valence-corrected chi connectivity index (χ4v) is 3.36. The van der Waals surface area contributed by atoms with Gasteiger partial charge in [-0.1, -0.05) is 30.1 Å². The van der Waals surface area contributed by atoms with Crippen LogP contribution < -0.4 is 4.74 Å². The minimum Gasteiger partial charge on any atom is -0.480 e. The van der Waals surface area contributed by atoms with Crippen LogP contribution in [-0.4, -0.2) is 43.5 Å². The lowest BCUT2D eigenvalue weighted by molar-refractivity contribution is 0.106. The van der Waals surface area contributed by atoms with E-state index in [4.69, 9.17) is 9.57 Å². The molecule has 0 atom stereocenters. The molecule has 1 aliphatic heterocycles. The second-order valence-electron chi connectivity index (χ2n) is 6.58. The van der Waals surface area contributed by atoms with Gasteiger partial charge in [0.15, 0.2) is 5.60 Å². The van der Waals surface area contributed by atoms with E-state index >= 15 is 0 Å². The molecule has 4 heteroatoms. The summed E-state index contributed by atoms with van der Waals surface area (Å²) < 4.78 is 6.38. The molecule has 3 rings (SSSR count). The van der Waals surface area contributed by atoms with E-state index in [9.17, 15) is 0 Å². The van der Waals surface area contributed by atoms with Crippen LogP contribution in [0.5, 0.6) is 5.75 Å². The number of fused-ring (bicyclic) bond motifs is 1. The third kappa shape index (κ3) is 3.12. The highest BCUT2D eigenvalue weighted by Crippen LogP contribution is 2.43. The van der Waals surface area contributed by atoms with Crippen LogP contribution in [0, 0.1) is 0 Å². The number of para-hydroxylation sites is 1. The summed E-state index contributed by atoms with van der Waals surface area (Å²) in [5.74, 6) is 0.958. The summed E-state index contributed by atoms with van der Waals surface area (Å²) in [6.07, 6.45) is 7.05. The van der Waals surface area contributed by atoms with Crippen LogP contribution in [0.3, 0.4) is 0 Å². The lowest BCUT2D eigenvalue weighted by Gasteiger charge is -2.27. The Kier molecular flexibility index (Phi) is 4.67. The summed E-state index contributed by atoms with van der Waals surface area (Å²) in [7, 11) is 4.08. The molecule has 0 N–H and O–H groups in total. The summed E-state index contributed by atoms with van der Waals surface area (Å²) in [5, 5.41) is 4.52. The van der Waals surface area contributed by atoms with Crippen LogP contribution in [0.4, 0.5) is 0 Å². The Balaban J connectivity index is 1.84. The standard InChI is InChI=1S/C18H26N2O2/c1-20(2)13-14-21-19-17-15-9-5-6-10-16(15)22-18(17)11-7-3-4-8-12-18/h5-6,9-10H,3-4,7-8,11-14H2,1-2H3/b19-17+. The Hall–Kier alpha value is -1.55. The molecule has 1 aromatic carbocycles. The second-order valence-corrected chi connectivity index (χ2v) is 6.58. The molecule has 120 valence electrons. The summed E-state index contributed by atoms with van der Waals surface area (Å²) >= 11 is 0. The molecule has 1 heterocycles. The lowest BCUT2D eigenvalue weighted by Crippen LogP contribution is -2.40. The van der Waals surface area contributed by atoms with Crippen LogP contribution in [0.1, 0.15) is 44.1 Å². The van der Waals surface area contributed by atoms with Gasteiger partial charge in [-0.3, -0.25) is 0 Å². The Bertz CT molecular complexity index is 532. The van der Waals surface area contributed by atoms with Crippen LogP contribution in [0.15, 0.2) is 29.4 Å². The third-order valence-electron chi connectivity index (χ3n) is 4.58. The first-order valence-corrected chi connectivity index (χ1v) is 8.35. The maximum absolute atomic E-state index is 6.38. The van der Waals surface area contributed by atoms with Crippen molar-refractivity contribution in [1.29, 1.82) is 0 Å². The molecule has 0 unspecified atom stereocenters. The average Bonchev–Trinajstić information content (AvgIpc) is 2.64. The zero-order valence-electron chi connectivity index (χ0n) is 13.7. The fourth-order valence-electron chi connectivity index (χ4n) is 3.36. The van der Waals surface area contributed by atoms with Gasteiger partial charge in [-0.05, 0) is 51.9 Å². The highest BCUT2D eigenvalue weighted by Gasteiger charge is 2.46. The van der Waals surface area contributed by atoms with E-state index < -0.39 is 0 Å². The molecule has 0 aromatic heterocycles. The molecule has 0 saturated heterocycles. The van der Waals surface area contributed by atoms with Gasteiger partial charge in [-0.15, -0.1) is 0 Å². The molecule has 2 aliphatic rings. The minimum atomic E-state index is -0.266. The van der Waals surface area contributed by atoms with E-state index in [1.54, 1.807) is 0 Å². The van der Waals surface area contributed by atoms with E-state index in [1.807, 2.05) is 32.3 Å². The molecule has 1 saturated carbocycles. The van der Waals surface area contributed by atoms with Gasteiger partial charge in [0.25, 0.3) is 0 Å². The van der Waals surface area contributed by atoms with E-state index in [2.05, 4.69) is 16.1 Å². The SMILES string of the molecule is CN(C)CCO/N=C1\c2ccccc2OC12CCCCCC2. The Morgan fingerprint density at radius 1 is 1.14 bits per heavy atom. The maximum atomic E-state index is 6.38. The molecule has 0 radical (unpaired) electrons. The van der Waals surface area contributed by atoms with Crippen LogP contribution in [0.25, 0.3) is 0 Å². The number of nitrogens with zero attached hydrogens (tertiary/aromatic N) is 2. The van der Waals surface area contributed by atoms with Crippen molar-refractivity contribution in [3.8, 4) is 5.75 Å². The van der Waals surface area contributed by atoms with Crippen molar-refractivity contribution in [2.45, 2.75) is 44.1 Å². The Morgan fingerprint density at radius 2 is 1.86 bits per heavy atom. The molecule has 0 amide bonds. The van der Waals surface area contributed by atoms with Gasteiger partial charge in [0, 0.05) is 12.1 Å². The van der Waals surface area contributed by atoms with Gasteiger partial charge in [-0.2, -0.15) is 0 Å². The number of ether oxygens (including phenoxy) is 1. The van der Waals surface area contributed by atoms with E-state index in [1.165, 1.54) is 25.7 Å². The van der Waals surface area contributed by atoms with Crippen molar-refractivity contribution in [1.82, 2.24) is 4.90 Å². The van der Waals surface area contributed by atoms with Crippen molar-refractivity contribution < 1.29 is 9.57 Å². The van der Waals surface area contributed by atoms with Gasteiger partial charge in [0.2, 0.25) is 0 Å². The Labute approximate surface area is 133 Å².